The van der Waals surface area contributed by atoms with Crippen LogP contribution in [0.25, 0.3) is 11.2 Å². The Morgan fingerprint density at radius 1 is 1.31 bits per heavy atom. The summed E-state index contributed by atoms with van der Waals surface area (Å²) >= 11 is 0. The summed E-state index contributed by atoms with van der Waals surface area (Å²) in [5, 5.41) is 28.9. The van der Waals surface area contributed by atoms with Gasteiger partial charge in [-0.05, 0) is 6.07 Å². The van der Waals surface area contributed by atoms with Crippen molar-refractivity contribution in [2.24, 2.45) is 7.05 Å². The zero-order chi connectivity index (χ0) is 25.4. The van der Waals surface area contributed by atoms with E-state index in [1.54, 1.807) is 17.7 Å². The Balaban J connectivity index is 1.47. The number of aryl methyl sites for hydroxylation is 1. The first kappa shape index (κ1) is 23.1. The van der Waals surface area contributed by atoms with Crippen molar-refractivity contribution in [3.63, 3.8) is 0 Å². The number of ether oxygens (including phenoxy) is 2. The molecule has 3 N–H and O–H groups in total. The van der Waals surface area contributed by atoms with Gasteiger partial charge in [-0.3, -0.25) is 10.00 Å². The Bertz CT molecular complexity index is 1520. The first-order valence-electron chi connectivity index (χ1n) is 11.1. The number of pyridine rings is 2. The maximum absolute atomic E-state index is 10.9. The Hall–Kier alpha value is -4.70. The minimum Gasteiger partial charge on any atom is -0.465 e. The molecule has 0 fully saturated rings. The van der Waals surface area contributed by atoms with Gasteiger partial charge in [0, 0.05) is 36.5 Å². The summed E-state index contributed by atoms with van der Waals surface area (Å²) < 4.78 is 15.2. The summed E-state index contributed by atoms with van der Waals surface area (Å²) in [6, 6.07) is 7.10. The topological polar surface area (TPSA) is 165 Å². The van der Waals surface area contributed by atoms with Crippen molar-refractivity contribution in [3.8, 4) is 17.6 Å². The molecule has 0 saturated carbocycles. The third kappa shape index (κ3) is 4.25. The fourth-order valence-corrected chi connectivity index (χ4v) is 4.09. The number of fused-ring (bicyclic) bond motifs is 2. The molecule has 5 heterocycles. The number of anilines is 3. The number of nitrogens with one attached hydrogen (secondary N) is 2. The fraction of sp³-hybridized carbons (Fsp3) is 0.304. The number of carboxylic acid groups (broad SMARTS) is 1. The summed E-state index contributed by atoms with van der Waals surface area (Å²) in [6.07, 6.45) is 1.55. The predicted octanol–water partition coefficient (Wildman–Crippen LogP) is 3.37. The second-order valence-corrected chi connectivity index (χ2v) is 8.88. The van der Waals surface area contributed by atoms with Crippen molar-refractivity contribution in [3.05, 3.63) is 41.9 Å². The first-order valence-corrected chi connectivity index (χ1v) is 11.1. The summed E-state index contributed by atoms with van der Waals surface area (Å²) in [5.41, 5.74) is 1.93. The monoisotopic (exact) mass is 489 g/mol. The number of hydrogen-bond donors (Lipinski definition) is 3. The van der Waals surface area contributed by atoms with Crippen LogP contribution in [0.5, 0.6) is 11.5 Å². The number of aromatic nitrogens is 6. The van der Waals surface area contributed by atoms with Crippen molar-refractivity contribution >= 4 is 34.8 Å². The summed E-state index contributed by atoms with van der Waals surface area (Å²) in [5.74, 6) is 1.67. The summed E-state index contributed by atoms with van der Waals surface area (Å²) in [4.78, 5) is 23.7. The van der Waals surface area contributed by atoms with Crippen LogP contribution in [0.2, 0.25) is 0 Å². The average Bonchev–Trinajstić information content (AvgIpc) is 3.34. The maximum Gasteiger partial charge on any atom is 0.410 e. The van der Waals surface area contributed by atoms with Gasteiger partial charge in [-0.1, -0.05) is 13.8 Å². The van der Waals surface area contributed by atoms with Crippen molar-refractivity contribution < 1.29 is 19.4 Å². The summed E-state index contributed by atoms with van der Waals surface area (Å²) in [7, 11) is 1.77. The lowest BCUT2D eigenvalue weighted by atomic mass is 9.90. The Morgan fingerprint density at radius 2 is 2.14 bits per heavy atom. The zero-order valence-electron chi connectivity index (χ0n) is 19.8. The highest BCUT2D eigenvalue weighted by Crippen LogP contribution is 2.33. The first-order chi connectivity index (χ1) is 17.2. The third-order valence-electron chi connectivity index (χ3n) is 5.79. The molecule has 0 saturated heterocycles. The number of rotatable bonds is 5. The van der Waals surface area contributed by atoms with Gasteiger partial charge in [0.2, 0.25) is 5.95 Å². The molecule has 1 aliphatic rings. The molecule has 0 atom stereocenters. The van der Waals surface area contributed by atoms with Crippen molar-refractivity contribution in [2.45, 2.75) is 25.8 Å². The zero-order valence-corrected chi connectivity index (χ0v) is 19.8. The fourth-order valence-electron chi connectivity index (χ4n) is 4.09. The second kappa shape index (κ2) is 8.82. The van der Waals surface area contributed by atoms with Gasteiger partial charge < -0.3 is 24.5 Å². The van der Waals surface area contributed by atoms with Crippen LogP contribution in [0.1, 0.15) is 25.1 Å². The van der Waals surface area contributed by atoms with E-state index >= 15 is 0 Å². The van der Waals surface area contributed by atoms with Gasteiger partial charge in [0.25, 0.3) is 0 Å². The van der Waals surface area contributed by atoms with E-state index in [1.807, 2.05) is 10.7 Å². The van der Waals surface area contributed by atoms with Crippen molar-refractivity contribution in [1.82, 2.24) is 29.3 Å². The highest BCUT2D eigenvalue weighted by molar-refractivity contribution is 5.84. The van der Waals surface area contributed by atoms with Crippen LogP contribution in [-0.4, -0.2) is 53.7 Å². The molecule has 4 aromatic rings. The third-order valence-corrected chi connectivity index (χ3v) is 5.79. The van der Waals surface area contributed by atoms with Crippen LogP contribution in [0, 0.1) is 11.3 Å². The molecule has 0 spiro atoms. The van der Waals surface area contributed by atoms with Gasteiger partial charge in [0.15, 0.2) is 17.2 Å². The molecule has 0 bridgehead atoms. The van der Waals surface area contributed by atoms with E-state index in [2.05, 4.69) is 50.6 Å². The Kier molecular flexibility index (Phi) is 5.65. The number of carbonyl (C=O) groups is 1. The van der Waals surface area contributed by atoms with E-state index in [4.69, 9.17) is 14.6 Å². The lowest BCUT2D eigenvalue weighted by Crippen LogP contribution is -2.24. The maximum atomic E-state index is 10.9. The van der Waals surface area contributed by atoms with Crippen LogP contribution in [0.15, 0.2) is 30.6 Å². The van der Waals surface area contributed by atoms with E-state index in [0.29, 0.717) is 42.7 Å². The minimum absolute atomic E-state index is 0.0905. The highest BCUT2D eigenvalue weighted by atomic mass is 16.5. The van der Waals surface area contributed by atoms with E-state index in [-0.39, 0.29) is 28.3 Å². The molecule has 0 unspecified atom stereocenters. The molecule has 13 heteroatoms. The smallest absolute Gasteiger partial charge is 0.410 e. The molecule has 1 aliphatic heterocycles. The highest BCUT2D eigenvalue weighted by Gasteiger charge is 2.29. The van der Waals surface area contributed by atoms with Crippen LogP contribution in [-0.2, 0) is 23.7 Å². The van der Waals surface area contributed by atoms with Gasteiger partial charge in [-0.2, -0.15) is 15.3 Å². The quantitative estimate of drug-likeness (QED) is 0.378. The number of amides is 1. The molecule has 0 aromatic carbocycles. The minimum atomic E-state index is -1.25. The SMILES string of the molecule is Cn1c(Nc2cc3n(n2)CCOCC3(C)C)nc2ncc(Oc3ccnc(NC(=O)O)c3)c(C#N)c21. The molecular formula is C23H23N9O4. The van der Waals surface area contributed by atoms with Gasteiger partial charge in [-0.25, -0.2) is 14.8 Å². The lowest BCUT2D eigenvalue weighted by Gasteiger charge is -2.21. The largest absolute Gasteiger partial charge is 0.465 e. The van der Waals surface area contributed by atoms with E-state index in [9.17, 15) is 10.1 Å². The average molecular weight is 489 g/mol. The number of nitrogens with zero attached hydrogens (tertiary/aromatic N) is 7. The van der Waals surface area contributed by atoms with Crippen LogP contribution in [0.3, 0.4) is 0 Å². The molecule has 13 nitrogen and oxygen atoms in total. The molecule has 1 amide bonds. The van der Waals surface area contributed by atoms with Crippen LogP contribution in [0.4, 0.5) is 22.4 Å². The Morgan fingerprint density at radius 3 is 2.92 bits per heavy atom. The van der Waals surface area contributed by atoms with Gasteiger partial charge >= 0.3 is 6.09 Å². The molecule has 36 heavy (non-hydrogen) atoms. The molecule has 5 rings (SSSR count). The van der Waals surface area contributed by atoms with Gasteiger partial charge in [0.05, 0.1) is 26.0 Å². The van der Waals surface area contributed by atoms with Crippen molar-refractivity contribution in [2.75, 3.05) is 23.8 Å². The molecular weight excluding hydrogens is 466 g/mol. The number of imidazole rings is 1. The van der Waals surface area contributed by atoms with Gasteiger partial charge in [0.1, 0.15) is 28.7 Å². The Labute approximate surface area is 205 Å². The van der Waals surface area contributed by atoms with E-state index < -0.39 is 6.09 Å². The number of nitriles is 1. The standard InChI is InChI=1S/C23H23N9O4/c1-23(2)12-35-7-6-32-16(23)9-18(30-32)27-21-29-20-19(31(21)3)14(10-24)15(11-26-20)36-13-4-5-25-17(8-13)28-22(33)34/h4-5,8-9,11H,6-7,12H2,1-3H3,(H,25,28)(H,33,34)(H,26,27,29,30). The summed E-state index contributed by atoms with van der Waals surface area (Å²) in [6.45, 7) is 6.07. The van der Waals surface area contributed by atoms with E-state index in [0.717, 1.165) is 5.69 Å². The molecule has 0 radical (unpaired) electrons. The van der Waals surface area contributed by atoms with Crippen LogP contribution >= 0.6 is 0 Å². The predicted molar refractivity (Wildman–Crippen MR) is 129 cm³/mol. The van der Waals surface area contributed by atoms with Crippen LogP contribution < -0.4 is 15.4 Å². The molecule has 184 valence electrons. The molecule has 4 aromatic heterocycles. The number of hydrogen-bond acceptors (Lipinski definition) is 9. The normalized spacial score (nSPS) is 14.5. The van der Waals surface area contributed by atoms with Crippen molar-refractivity contribution in [1.29, 1.82) is 5.26 Å². The second-order valence-electron chi connectivity index (χ2n) is 8.88. The lowest BCUT2D eigenvalue weighted by molar-refractivity contribution is 0.103. The van der Waals surface area contributed by atoms with Gasteiger partial charge in [-0.15, -0.1) is 0 Å². The van der Waals surface area contributed by atoms with E-state index in [1.165, 1.54) is 18.5 Å². The molecule has 0 aliphatic carbocycles.